The zero-order valence-electron chi connectivity index (χ0n) is 10.4. The summed E-state index contributed by atoms with van der Waals surface area (Å²) in [4.78, 5) is 12.1. The van der Waals surface area contributed by atoms with Gasteiger partial charge in [0.15, 0.2) is 9.84 Å². The molecule has 0 radical (unpaired) electrons. The van der Waals surface area contributed by atoms with Crippen molar-refractivity contribution in [2.75, 3.05) is 6.26 Å². The number of sulfone groups is 1. The molecule has 0 aromatic carbocycles. The van der Waals surface area contributed by atoms with E-state index in [0.717, 1.165) is 5.39 Å². The van der Waals surface area contributed by atoms with E-state index in [1.807, 2.05) is 5.38 Å². The summed E-state index contributed by atoms with van der Waals surface area (Å²) in [5, 5.41) is 8.99. The molecule has 0 spiro atoms. The molecule has 2 heterocycles. The molecule has 0 unspecified atom stereocenters. The lowest BCUT2D eigenvalue weighted by Gasteiger charge is -2.22. The van der Waals surface area contributed by atoms with Gasteiger partial charge < -0.3 is 0 Å². The number of hydrogen-bond acceptors (Lipinski definition) is 5. The van der Waals surface area contributed by atoms with E-state index in [0.29, 0.717) is 5.39 Å². The smallest absolute Gasteiger partial charge is 0.267 e. The van der Waals surface area contributed by atoms with E-state index in [9.17, 15) is 13.2 Å². The first-order valence-corrected chi connectivity index (χ1v) is 8.17. The SMILES string of the molecule is CC(C)(Cn1ncc2cscc2c1=O)S(C)(=O)=O. The fraction of sp³-hybridized carbons (Fsp3) is 0.455. The van der Waals surface area contributed by atoms with E-state index in [4.69, 9.17) is 0 Å². The summed E-state index contributed by atoms with van der Waals surface area (Å²) in [6, 6.07) is 0. The quantitative estimate of drug-likeness (QED) is 0.852. The van der Waals surface area contributed by atoms with Gasteiger partial charge in [-0.3, -0.25) is 4.79 Å². The summed E-state index contributed by atoms with van der Waals surface area (Å²) in [7, 11) is -3.25. The van der Waals surface area contributed by atoms with Crippen molar-refractivity contribution in [1.82, 2.24) is 9.78 Å². The lowest BCUT2D eigenvalue weighted by atomic mass is 10.2. The minimum absolute atomic E-state index is 0.0520. The predicted octanol–water partition coefficient (Wildman–Crippen LogP) is 1.28. The van der Waals surface area contributed by atoms with Crippen molar-refractivity contribution in [1.29, 1.82) is 0 Å². The van der Waals surface area contributed by atoms with Crippen LogP contribution in [-0.4, -0.2) is 29.2 Å². The lowest BCUT2D eigenvalue weighted by molar-refractivity contribution is 0.465. The number of thiophene rings is 1. The maximum absolute atomic E-state index is 12.1. The van der Waals surface area contributed by atoms with Crippen molar-refractivity contribution >= 4 is 31.9 Å². The van der Waals surface area contributed by atoms with Crippen molar-refractivity contribution in [3.05, 3.63) is 27.3 Å². The summed E-state index contributed by atoms with van der Waals surface area (Å²) in [6.45, 7) is 3.24. The first-order chi connectivity index (χ1) is 8.22. The van der Waals surface area contributed by atoms with Gasteiger partial charge in [0.1, 0.15) is 0 Å². The van der Waals surface area contributed by atoms with E-state index in [-0.39, 0.29) is 12.1 Å². The summed E-state index contributed by atoms with van der Waals surface area (Å²) in [6.07, 6.45) is 2.76. The van der Waals surface area contributed by atoms with Gasteiger partial charge in [0.05, 0.1) is 22.9 Å². The molecular formula is C11H14N2O3S2. The van der Waals surface area contributed by atoms with E-state index in [2.05, 4.69) is 5.10 Å². The number of fused-ring (bicyclic) bond motifs is 1. The minimum Gasteiger partial charge on any atom is -0.267 e. The molecule has 0 aliphatic carbocycles. The Morgan fingerprint density at radius 3 is 2.67 bits per heavy atom. The Hall–Kier alpha value is -1.21. The number of aromatic nitrogens is 2. The molecule has 0 aliphatic rings. The van der Waals surface area contributed by atoms with Crippen LogP contribution in [0.1, 0.15) is 13.8 Å². The topological polar surface area (TPSA) is 69.0 Å². The van der Waals surface area contributed by atoms with Gasteiger partial charge in [-0.05, 0) is 13.8 Å². The average molecular weight is 286 g/mol. The molecule has 0 aliphatic heterocycles. The molecular weight excluding hydrogens is 272 g/mol. The zero-order chi connectivity index (χ0) is 13.6. The molecule has 18 heavy (non-hydrogen) atoms. The predicted molar refractivity (Wildman–Crippen MR) is 72.8 cm³/mol. The van der Waals surface area contributed by atoms with E-state index in [1.54, 1.807) is 25.4 Å². The molecule has 98 valence electrons. The molecule has 5 nitrogen and oxygen atoms in total. The standard InChI is InChI=1S/C11H14N2O3S2/c1-11(2,18(3,15)16)7-13-10(14)9-6-17-5-8(9)4-12-13/h4-6H,7H2,1-3H3. The van der Waals surface area contributed by atoms with Crippen LogP contribution in [0, 0.1) is 0 Å². The molecule has 2 aromatic rings. The number of nitrogens with zero attached hydrogens (tertiary/aromatic N) is 2. The first kappa shape index (κ1) is 13.2. The molecule has 0 N–H and O–H groups in total. The van der Waals surface area contributed by atoms with Crippen molar-refractivity contribution in [3.8, 4) is 0 Å². The van der Waals surface area contributed by atoms with Crippen molar-refractivity contribution in [2.24, 2.45) is 0 Å². The largest absolute Gasteiger partial charge is 0.275 e. The third kappa shape index (κ3) is 2.20. The van der Waals surface area contributed by atoms with Crippen LogP contribution in [0.4, 0.5) is 0 Å². The number of rotatable bonds is 3. The maximum Gasteiger partial charge on any atom is 0.275 e. The fourth-order valence-corrected chi connectivity index (χ4v) is 2.63. The lowest BCUT2D eigenvalue weighted by Crippen LogP contribution is -2.40. The van der Waals surface area contributed by atoms with Crippen molar-refractivity contribution in [3.63, 3.8) is 0 Å². The summed E-state index contributed by atoms with van der Waals surface area (Å²) in [5.74, 6) is 0. The molecule has 0 fully saturated rings. The molecule has 0 atom stereocenters. The van der Waals surface area contributed by atoms with Crippen molar-refractivity contribution in [2.45, 2.75) is 25.1 Å². The molecule has 2 aromatic heterocycles. The van der Waals surface area contributed by atoms with Gasteiger partial charge in [-0.15, -0.1) is 0 Å². The highest BCUT2D eigenvalue weighted by atomic mass is 32.2. The maximum atomic E-state index is 12.1. The normalized spacial score (nSPS) is 13.1. The monoisotopic (exact) mass is 286 g/mol. The molecule has 0 saturated heterocycles. The van der Waals surface area contributed by atoms with Gasteiger partial charge in [-0.1, -0.05) is 0 Å². The molecule has 7 heteroatoms. The Kier molecular flexibility index (Phi) is 3.06. The zero-order valence-corrected chi connectivity index (χ0v) is 12.0. The van der Waals surface area contributed by atoms with E-state index >= 15 is 0 Å². The van der Waals surface area contributed by atoms with Crippen LogP contribution >= 0.6 is 11.3 Å². The van der Waals surface area contributed by atoms with Gasteiger partial charge in [0, 0.05) is 22.4 Å². The fourth-order valence-electron chi connectivity index (χ4n) is 1.49. The van der Waals surface area contributed by atoms with Crippen LogP contribution in [0.25, 0.3) is 10.8 Å². The van der Waals surface area contributed by atoms with Gasteiger partial charge in [-0.2, -0.15) is 16.4 Å². The highest BCUT2D eigenvalue weighted by Crippen LogP contribution is 2.18. The van der Waals surface area contributed by atoms with Crippen LogP contribution in [0.3, 0.4) is 0 Å². The Bertz CT molecular complexity index is 741. The first-order valence-electron chi connectivity index (χ1n) is 5.34. The van der Waals surface area contributed by atoms with Crippen molar-refractivity contribution < 1.29 is 8.42 Å². The van der Waals surface area contributed by atoms with Gasteiger partial charge in [-0.25, -0.2) is 13.1 Å². The Labute approximate surface area is 109 Å². The summed E-state index contributed by atoms with van der Waals surface area (Å²) >= 11 is 1.43. The highest BCUT2D eigenvalue weighted by molar-refractivity contribution is 7.92. The van der Waals surface area contributed by atoms with Crippen LogP contribution in [-0.2, 0) is 16.4 Å². The van der Waals surface area contributed by atoms with Crippen LogP contribution in [0.2, 0.25) is 0 Å². The molecule has 2 rings (SSSR count). The molecule has 0 saturated carbocycles. The molecule has 0 bridgehead atoms. The van der Waals surface area contributed by atoms with E-state index < -0.39 is 14.6 Å². The minimum atomic E-state index is -3.25. The summed E-state index contributed by atoms with van der Waals surface area (Å²) in [5.41, 5.74) is -0.245. The van der Waals surface area contributed by atoms with Gasteiger partial charge >= 0.3 is 0 Å². The van der Waals surface area contributed by atoms with E-state index in [1.165, 1.54) is 22.3 Å². The van der Waals surface area contributed by atoms with Crippen LogP contribution < -0.4 is 5.56 Å². The average Bonchev–Trinajstić information content (AvgIpc) is 2.69. The second kappa shape index (κ2) is 4.17. The van der Waals surface area contributed by atoms with Crippen LogP contribution in [0.5, 0.6) is 0 Å². The second-order valence-corrected chi connectivity index (χ2v) is 8.27. The Morgan fingerprint density at radius 1 is 1.39 bits per heavy atom. The van der Waals surface area contributed by atoms with Gasteiger partial charge in [0.2, 0.25) is 0 Å². The van der Waals surface area contributed by atoms with Gasteiger partial charge in [0.25, 0.3) is 5.56 Å². The van der Waals surface area contributed by atoms with Crippen LogP contribution in [0.15, 0.2) is 21.8 Å². The third-order valence-electron chi connectivity index (χ3n) is 3.03. The Balaban J connectivity index is 2.51. The highest BCUT2D eigenvalue weighted by Gasteiger charge is 2.31. The Morgan fingerprint density at radius 2 is 2.06 bits per heavy atom. The number of hydrogen-bond donors (Lipinski definition) is 0. The molecule has 0 amide bonds. The second-order valence-electron chi connectivity index (χ2n) is 4.88. The summed E-state index contributed by atoms with van der Waals surface area (Å²) < 4.78 is 23.5. The third-order valence-corrected chi connectivity index (χ3v) is 5.93.